The van der Waals surface area contributed by atoms with E-state index in [1.165, 1.54) is 0 Å². The van der Waals surface area contributed by atoms with Crippen LogP contribution in [0.15, 0.2) is 18.3 Å². The second-order valence-corrected chi connectivity index (χ2v) is 6.67. The molecule has 1 saturated heterocycles. The first-order valence-corrected chi connectivity index (χ1v) is 8.60. The van der Waals surface area contributed by atoms with Crippen molar-refractivity contribution in [1.82, 2.24) is 9.88 Å². The van der Waals surface area contributed by atoms with Gasteiger partial charge >= 0.3 is 0 Å². The van der Waals surface area contributed by atoms with Gasteiger partial charge < -0.3 is 21.3 Å². The summed E-state index contributed by atoms with van der Waals surface area (Å²) in [7, 11) is 0. The van der Waals surface area contributed by atoms with E-state index in [1.54, 1.807) is 18.3 Å². The molecule has 2 fully saturated rings. The SMILES string of the molecule is NC(=O)c1cccnc1N1CCN(C(=O)C2CCCC(N)C2)CC1. The number of primary amides is 1. The van der Waals surface area contributed by atoms with Crippen molar-refractivity contribution in [2.75, 3.05) is 31.1 Å². The maximum Gasteiger partial charge on any atom is 0.252 e. The first kappa shape index (κ1) is 16.7. The standard InChI is InChI=1S/C17H25N5O2/c18-13-4-1-3-12(11-13)17(24)22-9-7-21(8-10-22)16-14(15(19)23)5-2-6-20-16/h2,5-6,12-13H,1,3-4,7-11,18H2,(H2,19,23). The lowest BCUT2D eigenvalue weighted by Crippen LogP contribution is -2.51. The molecule has 0 spiro atoms. The van der Waals surface area contributed by atoms with E-state index < -0.39 is 5.91 Å². The average molecular weight is 331 g/mol. The number of carbonyl (C=O) groups is 2. The lowest BCUT2D eigenvalue weighted by molar-refractivity contribution is -0.137. The Hall–Kier alpha value is -2.15. The Morgan fingerprint density at radius 2 is 1.92 bits per heavy atom. The smallest absolute Gasteiger partial charge is 0.252 e. The molecule has 4 N–H and O–H groups in total. The highest BCUT2D eigenvalue weighted by Crippen LogP contribution is 2.26. The van der Waals surface area contributed by atoms with E-state index in [0.717, 1.165) is 25.7 Å². The summed E-state index contributed by atoms with van der Waals surface area (Å²) in [5.41, 5.74) is 11.9. The zero-order chi connectivity index (χ0) is 17.1. The van der Waals surface area contributed by atoms with Gasteiger partial charge in [0.2, 0.25) is 5.91 Å². The number of piperazine rings is 1. The summed E-state index contributed by atoms with van der Waals surface area (Å²) in [6.45, 7) is 2.59. The predicted octanol–water partition coefficient (Wildman–Crippen LogP) is 0.347. The van der Waals surface area contributed by atoms with Crippen LogP contribution in [0.1, 0.15) is 36.0 Å². The highest BCUT2D eigenvalue weighted by molar-refractivity contribution is 5.97. The lowest BCUT2D eigenvalue weighted by atomic mass is 9.85. The van der Waals surface area contributed by atoms with Crippen molar-refractivity contribution in [3.8, 4) is 0 Å². The molecular formula is C17H25N5O2. The third-order valence-electron chi connectivity index (χ3n) is 5.01. The monoisotopic (exact) mass is 331 g/mol. The van der Waals surface area contributed by atoms with Crippen LogP contribution >= 0.6 is 0 Å². The molecule has 3 rings (SSSR count). The van der Waals surface area contributed by atoms with Crippen LogP contribution in [0.4, 0.5) is 5.82 Å². The summed E-state index contributed by atoms with van der Waals surface area (Å²) in [5, 5.41) is 0. The van der Waals surface area contributed by atoms with E-state index in [-0.39, 0.29) is 17.9 Å². The van der Waals surface area contributed by atoms with Crippen molar-refractivity contribution in [2.45, 2.75) is 31.7 Å². The third kappa shape index (κ3) is 3.51. The largest absolute Gasteiger partial charge is 0.365 e. The van der Waals surface area contributed by atoms with E-state index >= 15 is 0 Å². The Bertz CT molecular complexity index is 613. The van der Waals surface area contributed by atoms with Crippen LogP contribution < -0.4 is 16.4 Å². The molecule has 1 saturated carbocycles. The normalized spacial score (nSPS) is 24.7. The van der Waals surface area contributed by atoms with Crippen LogP contribution in [0.5, 0.6) is 0 Å². The summed E-state index contributed by atoms with van der Waals surface area (Å²) in [5.74, 6) is 0.418. The Morgan fingerprint density at radius 3 is 2.58 bits per heavy atom. The van der Waals surface area contributed by atoms with Crippen LogP contribution in [0, 0.1) is 5.92 Å². The minimum Gasteiger partial charge on any atom is -0.365 e. The molecule has 0 bridgehead atoms. The number of hydrogen-bond donors (Lipinski definition) is 2. The Labute approximate surface area is 142 Å². The van der Waals surface area contributed by atoms with Crippen molar-refractivity contribution >= 4 is 17.6 Å². The van der Waals surface area contributed by atoms with Gasteiger partial charge in [0, 0.05) is 44.3 Å². The first-order valence-electron chi connectivity index (χ1n) is 8.60. The van der Waals surface area contributed by atoms with Crippen molar-refractivity contribution in [3.05, 3.63) is 23.9 Å². The van der Waals surface area contributed by atoms with Crippen LogP contribution in [-0.4, -0.2) is 53.9 Å². The van der Waals surface area contributed by atoms with Crippen LogP contribution in [-0.2, 0) is 4.79 Å². The molecule has 7 nitrogen and oxygen atoms in total. The van der Waals surface area contributed by atoms with Gasteiger partial charge in [-0.15, -0.1) is 0 Å². The second-order valence-electron chi connectivity index (χ2n) is 6.67. The molecule has 2 aliphatic rings. The Kier molecular flexibility index (Phi) is 4.99. The van der Waals surface area contributed by atoms with E-state index in [0.29, 0.717) is 37.6 Å². The van der Waals surface area contributed by atoms with Gasteiger partial charge in [0.05, 0.1) is 5.56 Å². The van der Waals surface area contributed by atoms with Gasteiger partial charge in [-0.1, -0.05) is 6.42 Å². The second kappa shape index (κ2) is 7.17. The van der Waals surface area contributed by atoms with E-state index in [4.69, 9.17) is 11.5 Å². The fourth-order valence-electron chi connectivity index (χ4n) is 3.69. The van der Waals surface area contributed by atoms with E-state index in [9.17, 15) is 9.59 Å². The summed E-state index contributed by atoms with van der Waals surface area (Å²) in [6.07, 6.45) is 5.45. The zero-order valence-electron chi connectivity index (χ0n) is 13.9. The highest BCUT2D eigenvalue weighted by atomic mass is 16.2. The quantitative estimate of drug-likeness (QED) is 0.831. The molecule has 2 atom stereocenters. The van der Waals surface area contributed by atoms with Crippen molar-refractivity contribution in [1.29, 1.82) is 0 Å². The van der Waals surface area contributed by atoms with Gasteiger partial charge in [-0.25, -0.2) is 4.98 Å². The number of hydrogen-bond acceptors (Lipinski definition) is 5. The maximum absolute atomic E-state index is 12.7. The maximum atomic E-state index is 12.7. The number of nitrogens with two attached hydrogens (primary N) is 2. The Morgan fingerprint density at radius 1 is 1.17 bits per heavy atom. The molecule has 2 unspecified atom stereocenters. The van der Waals surface area contributed by atoms with Gasteiger partial charge in [0.15, 0.2) is 0 Å². The van der Waals surface area contributed by atoms with Gasteiger partial charge in [0.1, 0.15) is 5.82 Å². The topological polar surface area (TPSA) is 106 Å². The number of carbonyl (C=O) groups excluding carboxylic acids is 2. The van der Waals surface area contributed by atoms with Crippen molar-refractivity contribution in [2.24, 2.45) is 17.4 Å². The number of amides is 2. The number of rotatable bonds is 3. The summed E-state index contributed by atoms with van der Waals surface area (Å²) < 4.78 is 0. The molecule has 2 heterocycles. The van der Waals surface area contributed by atoms with Crippen LogP contribution in [0.3, 0.4) is 0 Å². The summed E-state index contributed by atoms with van der Waals surface area (Å²) >= 11 is 0. The average Bonchev–Trinajstić information content (AvgIpc) is 2.61. The first-order chi connectivity index (χ1) is 11.6. The molecule has 1 aliphatic carbocycles. The number of pyridine rings is 1. The number of nitrogens with zero attached hydrogens (tertiary/aromatic N) is 3. The fourth-order valence-corrected chi connectivity index (χ4v) is 3.69. The number of aromatic nitrogens is 1. The molecule has 0 radical (unpaired) electrons. The van der Waals surface area contributed by atoms with Gasteiger partial charge in [-0.2, -0.15) is 0 Å². The zero-order valence-corrected chi connectivity index (χ0v) is 13.9. The molecular weight excluding hydrogens is 306 g/mol. The molecule has 7 heteroatoms. The molecule has 0 aromatic carbocycles. The summed E-state index contributed by atoms with van der Waals surface area (Å²) in [6, 6.07) is 3.54. The lowest BCUT2D eigenvalue weighted by Gasteiger charge is -2.38. The van der Waals surface area contributed by atoms with Crippen molar-refractivity contribution in [3.63, 3.8) is 0 Å². The van der Waals surface area contributed by atoms with E-state index in [1.807, 2.05) is 9.80 Å². The Balaban J connectivity index is 1.62. The van der Waals surface area contributed by atoms with Crippen LogP contribution in [0.2, 0.25) is 0 Å². The third-order valence-corrected chi connectivity index (χ3v) is 5.01. The fraction of sp³-hybridized carbons (Fsp3) is 0.588. The molecule has 2 amide bonds. The number of anilines is 1. The molecule has 1 aromatic rings. The van der Waals surface area contributed by atoms with Crippen LogP contribution in [0.25, 0.3) is 0 Å². The molecule has 1 aromatic heterocycles. The minimum atomic E-state index is -0.479. The van der Waals surface area contributed by atoms with E-state index in [2.05, 4.69) is 4.98 Å². The van der Waals surface area contributed by atoms with Gasteiger partial charge in [0.25, 0.3) is 5.91 Å². The highest BCUT2D eigenvalue weighted by Gasteiger charge is 2.31. The minimum absolute atomic E-state index is 0.0660. The van der Waals surface area contributed by atoms with Gasteiger partial charge in [-0.05, 0) is 31.4 Å². The molecule has 24 heavy (non-hydrogen) atoms. The summed E-state index contributed by atoms with van der Waals surface area (Å²) in [4.78, 5) is 32.5. The molecule has 130 valence electrons. The molecule has 1 aliphatic heterocycles. The predicted molar refractivity (Wildman–Crippen MR) is 91.5 cm³/mol. The van der Waals surface area contributed by atoms with Gasteiger partial charge in [-0.3, -0.25) is 9.59 Å². The van der Waals surface area contributed by atoms with Crippen molar-refractivity contribution < 1.29 is 9.59 Å².